The van der Waals surface area contributed by atoms with E-state index in [1.807, 2.05) is 11.3 Å². The van der Waals surface area contributed by atoms with Crippen LogP contribution in [-0.4, -0.2) is 29.9 Å². The van der Waals surface area contributed by atoms with E-state index < -0.39 is 0 Å². The van der Waals surface area contributed by atoms with Crippen molar-refractivity contribution in [2.24, 2.45) is 5.92 Å². The summed E-state index contributed by atoms with van der Waals surface area (Å²) in [6.45, 7) is 5.67. The third kappa shape index (κ3) is 2.77. The van der Waals surface area contributed by atoms with Crippen molar-refractivity contribution in [2.45, 2.75) is 51.6 Å². The van der Waals surface area contributed by atoms with E-state index in [9.17, 15) is 4.79 Å². The van der Waals surface area contributed by atoms with Crippen LogP contribution in [-0.2, 0) is 11.2 Å². The molecule has 0 saturated heterocycles. The highest BCUT2D eigenvalue weighted by atomic mass is 32.1. The molecular weight excluding hydrogens is 268 g/mol. The molecule has 20 heavy (non-hydrogen) atoms. The Labute approximate surface area is 125 Å². The number of thiophene rings is 1. The molecule has 2 unspecified atom stereocenters. The summed E-state index contributed by atoms with van der Waals surface area (Å²) in [7, 11) is 0. The second-order valence-electron chi connectivity index (χ2n) is 6.11. The predicted octanol–water partition coefficient (Wildman–Crippen LogP) is 2.97. The van der Waals surface area contributed by atoms with E-state index in [4.69, 9.17) is 0 Å². The van der Waals surface area contributed by atoms with Crippen molar-refractivity contribution >= 4 is 17.2 Å². The van der Waals surface area contributed by atoms with Crippen molar-refractivity contribution < 1.29 is 4.79 Å². The van der Waals surface area contributed by atoms with Gasteiger partial charge < -0.3 is 10.2 Å². The molecule has 1 aliphatic heterocycles. The van der Waals surface area contributed by atoms with Gasteiger partial charge in [0, 0.05) is 17.5 Å². The van der Waals surface area contributed by atoms with Crippen molar-refractivity contribution in [1.82, 2.24) is 10.2 Å². The standard InChI is InChI=1S/C16H24N2OS/c1-3-11(2)17-10-15(19)18-8-6-14-13(7-9-20-14)16(18)12-4-5-12/h7,9,11-12,16-17H,3-6,8,10H2,1-2H3. The maximum atomic E-state index is 12.6. The lowest BCUT2D eigenvalue weighted by atomic mass is 9.96. The summed E-state index contributed by atoms with van der Waals surface area (Å²) in [5.74, 6) is 0.982. The van der Waals surface area contributed by atoms with E-state index in [1.165, 1.54) is 23.3 Å². The van der Waals surface area contributed by atoms with Crippen LogP contribution in [0.5, 0.6) is 0 Å². The molecule has 2 atom stereocenters. The minimum absolute atomic E-state index is 0.277. The largest absolute Gasteiger partial charge is 0.334 e. The van der Waals surface area contributed by atoms with Gasteiger partial charge in [-0.3, -0.25) is 4.79 Å². The minimum Gasteiger partial charge on any atom is -0.334 e. The first-order chi connectivity index (χ1) is 9.70. The van der Waals surface area contributed by atoms with Crippen molar-refractivity contribution in [3.8, 4) is 0 Å². The Hall–Kier alpha value is -0.870. The second kappa shape index (κ2) is 5.86. The molecule has 1 aromatic rings. The molecule has 1 aromatic heterocycles. The number of carbonyl (C=O) groups is 1. The number of nitrogens with zero attached hydrogens (tertiary/aromatic N) is 1. The first-order valence-electron chi connectivity index (χ1n) is 7.79. The number of hydrogen-bond acceptors (Lipinski definition) is 3. The summed E-state index contributed by atoms with van der Waals surface area (Å²) in [6, 6.07) is 3.01. The predicted molar refractivity (Wildman–Crippen MR) is 83.0 cm³/mol. The SMILES string of the molecule is CCC(C)NCC(=O)N1CCc2sccc2C1C1CC1. The van der Waals surface area contributed by atoms with Gasteiger partial charge in [-0.15, -0.1) is 11.3 Å². The zero-order valence-corrected chi connectivity index (χ0v) is 13.2. The molecule has 3 rings (SSSR count). The molecule has 0 bridgehead atoms. The Balaban J connectivity index is 1.71. The molecule has 3 nitrogen and oxygen atoms in total. The van der Waals surface area contributed by atoms with E-state index in [2.05, 4.69) is 35.5 Å². The quantitative estimate of drug-likeness (QED) is 0.905. The highest BCUT2D eigenvalue weighted by Gasteiger charge is 2.41. The van der Waals surface area contributed by atoms with Crippen LogP contribution in [0.25, 0.3) is 0 Å². The van der Waals surface area contributed by atoms with Gasteiger partial charge in [0.25, 0.3) is 0 Å². The van der Waals surface area contributed by atoms with Crippen LogP contribution < -0.4 is 5.32 Å². The minimum atomic E-state index is 0.277. The first kappa shape index (κ1) is 14.1. The van der Waals surface area contributed by atoms with E-state index in [-0.39, 0.29) is 5.91 Å². The van der Waals surface area contributed by atoms with Gasteiger partial charge in [-0.25, -0.2) is 0 Å². The number of rotatable bonds is 5. The summed E-state index contributed by atoms with van der Waals surface area (Å²) >= 11 is 1.86. The maximum absolute atomic E-state index is 12.6. The van der Waals surface area contributed by atoms with Gasteiger partial charge in [0.1, 0.15) is 0 Å². The number of hydrogen-bond donors (Lipinski definition) is 1. The molecule has 0 spiro atoms. The lowest BCUT2D eigenvalue weighted by molar-refractivity contribution is -0.133. The van der Waals surface area contributed by atoms with Gasteiger partial charge in [0.05, 0.1) is 12.6 Å². The summed E-state index contributed by atoms with van der Waals surface area (Å²) in [5, 5.41) is 5.52. The van der Waals surface area contributed by atoms with Gasteiger partial charge >= 0.3 is 0 Å². The number of fused-ring (bicyclic) bond motifs is 1. The fraction of sp³-hybridized carbons (Fsp3) is 0.688. The van der Waals surface area contributed by atoms with Gasteiger partial charge in [0.2, 0.25) is 5.91 Å². The van der Waals surface area contributed by atoms with Gasteiger partial charge in [-0.1, -0.05) is 6.92 Å². The number of nitrogens with one attached hydrogen (secondary N) is 1. The van der Waals surface area contributed by atoms with E-state index in [0.29, 0.717) is 24.5 Å². The monoisotopic (exact) mass is 292 g/mol. The smallest absolute Gasteiger partial charge is 0.237 e. The van der Waals surface area contributed by atoms with Crippen molar-refractivity contribution in [3.63, 3.8) is 0 Å². The van der Waals surface area contributed by atoms with Crippen LogP contribution in [0.2, 0.25) is 0 Å². The summed E-state index contributed by atoms with van der Waals surface area (Å²) in [4.78, 5) is 16.2. The maximum Gasteiger partial charge on any atom is 0.237 e. The molecule has 2 aliphatic rings. The number of amides is 1. The summed E-state index contributed by atoms with van der Waals surface area (Å²) < 4.78 is 0. The van der Waals surface area contributed by atoms with Crippen molar-refractivity contribution in [3.05, 3.63) is 21.9 Å². The molecule has 0 aromatic carbocycles. The molecule has 1 fully saturated rings. The molecule has 0 radical (unpaired) electrons. The Morgan fingerprint density at radius 1 is 1.55 bits per heavy atom. The highest BCUT2D eigenvalue weighted by molar-refractivity contribution is 7.10. The molecule has 2 heterocycles. The zero-order chi connectivity index (χ0) is 14.1. The van der Waals surface area contributed by atoms with Crippen LogP contribution in [0, 0.1) is 5.92 Å². The van der Waals surface area contributed by atoms with Gasteiger partial charge in [0.15, 0.2) is 0 Å². The molecular formula is C16H24N2OS. The topological polar surface area (TPSA) is 32.3 Å². The number of carbonyl (C=O) groups excluding carboxylic acids is 1. The lowest BCUT2D eigenvalue weighted by Crippen LogP contribution is -2.45. The molecule has 110 valence electrons. The average Bonchev–Trinajstić information content (AvgIpc) is 3.19. The molecule has 1 saturated carbocycles. The third-order valence-electron chi connectivity index (χ3n) is 4.62. The Kier molecular flexibility index (Phi) is 4.13. The van der Waals surface area contributed by atoms with E-state index >= 15 is 0 Å². The van der Waals surface area contributed by atoms with Crippen LogP contribution in [0.1, 0.15) is 49.6 Å². The van der Waals surface area contributed by atoms with Crippen LogP contribution >= 0.6 is 11.3 Å². The fourth-order valence-electron chi connectivity index (χ4n) is 3.05. The summed E-state index contributed by atoms with van der Waals surface area (Å²) in [5.41, 5.74) is 1.43. The van der Waals surface area contributed by atoms with Crippen LogP contribution in [0.4, 0.5) is 0 Å². The first-order valence-corrected chi connectivity index (χ1v) is 8.67. The Morgan fingerprint density at radius 3 is 3.05 bits per heavy atom. The Morgan fingerprint density at radius 2 is 2.35 bits per heavy atom. The molecule has 1 N–H and O–H groups in total. The molecule has 1 amide bonds. The highest BCUT2D eigenvalue weighted by Crippen LogP contribution is 2.48. The average molecular weight is 292 g/mol. The Bertz CT molecular complexity index is 481. The van der Waals surface area contributed by atoms with Crippen LogP contribution in [0.3, 0.4) is 0 Å². The fourth-order valence-corrected chi connectivity index (χ4v) is 3.97. The molecule has 1 aliphatic carbocycles. The lowest BCUT2D eigenvalue weighted by Gasteiger charge is -2.36. The van der Waals surface area contributed by atoms with E-state index in [1.54, 1.807) is 0 Å². The van der Waals surface area contributed by atoms with Crippen LogP contribution in [0.15, 0.2) is 11.4 Å². The van der Waals surface area contributed by atoms with Crippen molar-refractivity contribution in [1.29, 1.82) is 0 Å². The third-order valence-corrected chi connectivity index (χ3v) is 5.61. The van der Waals surface area contributed by atoms with Gasteiger partial charge in [-0.05, 0) is 55.5 Å². The second-order valence-corrected chi connectivity index (χ2v) is 7.11. The molecule has 4 heteroatoms. The zero-order valence-electron chi connectivity index (χ0n) is 12.4. The van der Waals surface area contributed by atoms with E-state index in [0.717, 1.165) is 19.4 Å². The normalized spacial score (nSPS) is 23.5. The van der Waals surface area contributed by atoms with Crippen molar-refractivity contribution in [2.75, 3.05) is 13.1 Å². The summed E-state index contributed by atoms with van der Waals surface area (Å²) in [6.07, 6.45) is 4.66. The van der Waals surface area contributed by atoms with Gasteiger partial charge in [-0.2, -0.15) is 0 Å².